The molecule has 2 rings (SSSR count). The lowest BCUT2D eigenvalue weighted by molar-refractivity contribution is -0.385. The number of aliphatic hydroxyl groups is 1. The number of benzene rings is 1. The second-order valence-corrected chi connectivity index (χ2v) is 3.64. The Kier molecular flexibility index (Phi) is 4.71. The topological polar surface area (TPSA) is 108 Å². The first-order chi connectivity index (χ1) is 8.13. The van der Waals surface area contributed by atoms with Gasteiger partial charge < -0.3 is 20.3 Å². The number of hydrogen-bond acceptors (Lipinski definition) is 6. The smallest absolute Gasteiger partial charge is 0.278 e. The molecule has 1 aromatic rings. The largest absolute Gasteiger partial charge is 0.454 e. The quantitative estimate of drug-likeness (QED) is 0.630. The molecule has 0 spiro atoms. The van der Waals surface area contributed by atoms with Crippen LogP contribution in [-0.2, 0) is 0 Å². The molecule has 7 nitrogen and oxygen atoms in total. The van der Waals surface area contributed by atoms with Crippen molar-refractivity contribution in [2.75, 3.05) is 13.4 Å². The lowest BCUT2D eigenvalue weighted by atomic mass is 10.0. The predicted molar refractivity (Wildman–Crippen MR) is 65.1 cm³/mol. The summed E-state index contributed by atoms with van der Waals surface area (Å²) >= 11 is 0. The number of nitro benzene ring substituents is 1. The summed E-state index contributed by atoms with van der Waals surface area (Å²) in [6, 6.07) is 2.20. The first-order valence-electron chi connectivity index (χ1n) is 5.08. The molecular formula is C10H13ClN2O5. The van der Waals surface area contributed by atoms with Crippen LogP contribution >= 0.6 is 12.4 Å². The first-order valence-corrected chi connectivity index (χ1v) is 5.08. The van der Waals surface area contributed by atoms with E-state index < -0.39 is 11.0 Å². The van der Waals surface area contributed by atoms with Crippen LogP contribution in [0.3, 0.4) is 0 Å². The average molecular weight is 277 g/mol. The van der Waals surface area contributed by atoms with E-state index in [4.69, 9.17) is 20.3 Å². The maximum Gasteiger partial charge on any atom is 0.278 e. The third-order valence-corrected chi connectivity index (χ3v) is 2.56. The maximum absolute atomic E-state index is 10.9. The van der Waals surface area contributed by atoms with Gasteiger partial charge >= 0.3 is 0 Å². The molecule has 8 heteroatoms. The van der Waals surface area contributed by atoms with Crippen LogP contribution in [0.25, 0.3) is 0 Å². The zero-order valence-electron chi connectivity index (χ0n) is 9.37. The van der Waals surface area contributed by atoms with Crippen molar-refractivity contribution >= 4 is 18.1 Å². The minimum Gasteiger partial charge on any atom is -0.454 e. The number of ether oxygens (including phenoxy) is 2. The van der Waals surface area contributed by atoms with E-state index in [-0.39, 0.29) is 37.9 Å². The van der Waals surface area contributed by atoms with E-state index in [1.165, 1.54) is 12.1 Å². The van der Waals surface area contributed by atoms with Crippen LogP contribution in [0.1, 0.15) is 18.0 Å². The molecule has 0 bridgehead atoms. The van der Waals surface area contributed by atoms with Gasteiger partial charge in [-0.05, 0) is 12.5 Å². The summed E-state index contributed by atoms with van der Waals surface area (Å²) in [5.74, 6) is 0.788. The van der Waals surface area contributed by atoms with Gasteiger partial charge in [-0.3, -0.25) is 10.1 Å². The van der Waals surface area contributed by atoms with Crippen molar-refractivity contribution in [2.45, 2.75) is 12.5 Å². The van der Waals surface area contributed by atoms with Crippen molar-refractivity contribution in [3.63, 3.8) is 0 Å². The van der Waals surface area contributed by atoms with E-state index >= 15 is 0 Å². The minimum absolute atomic E-state index is 0. The molecule has 0 aromatic heterocycles. The third-order valence-electron chi connectivity index (χ3n) is 2.56. The number of nitrogens with two attached hydrogens (primary N) is 1. The van der Waals surface area contributed by atoms with Crippen LogP contribution in [0.15, 0.2) is 12.1 Å². The summed E-state index contributed by atoms with van der Waals surface area (Å²) in [5, 5.41) is 19.7. The molecule has 100 valence electrons. The fourth-order valence-electron chi connectivity index (χ4n) is 1.70. The molecule has 0 saturated carbocycles. The van der Waals surface area contributed by atoms with Gasteiger partial charge in [0.2, 0.25) is 6.79 Å². The van der Waals surface area contributed by atoms with E-state index in [0.717, 1.165) is 0 Å². The molecule has 1 aromatic carbocycles. The fourth-order valence-corrected chi connectivity index (χ4v) is 1.70. The molecule has 1 aliphatic rings. The highest BCUT2D eigenvalue weighted by molar-refractivity contribution is 5.85. The summed E-state index contributed by atoms with van der Waals surface area (Å²) in [5.41, 5.74) is 6.00. The molecule has 0 saturated heterocycles. The predicted octanol–water partition coefficient (Wildman–Crippen LogP) is 1.13. The van der Waals surface area contributed by atoms with Gasteiger partial charge in [0.05, 0.1) is 16.6 Å². The number of fused-ring (bicyclic) bond motifs is 1. The van der Waals surface area contributed by atoms with Crippen molar-refractivity contribution in [2.24, 2.45) is 5.73 Å². The van der Waals surface area contributed by atoms with Crippen LogP contribution in [0.4, 0.5) is 5.69 Å². The highest BCUT2D eigenvalue weighted by Gasteiger charge is 2.26. The third kappa shape index (κ3) is 2.63. The van der Waals surface area contributed by atoms with Crippen molar-refractivity contribution < 1.29 is 19.5 Å². The van der Waals surface area contributed by atoms with Crippen molar-refractivity contribution in [1.29, 1.82) is 0 Å². The summed E-state index contributed by atoms with van der Waals surface area (Å²) in [4.78, 5) is 10.4. The normalized spacial score (nSPS) is 13.9. The number of halogens is 1. The number of hydrogen-bond donors (Lipinski definition) is 2. The first kappa shape index (κ1) is 14.5. The molecule has 1 heterocycles. The molecule has 0 radical (unpaired) electrons. The Hall–Kier alpha value is -1.57. The van der Waals surface area contributed by atoms with Crippen LogP contribution in [0.5, 0.6) is 11.5 Å². The van der Waals surface area contributed by atoms with Crippen LogP contribution < -0.4 is 15.2 Å². The average Bonchev–Trinajstić information content (AvgIpc) is 2.74. The SMILES string of the molecule is Cl.N[C@H](CCO)c1cc2c(cc1[N+](=O)[O-])OCO2. The highest BCUT2D eigenvalue weighted by atomic mass is 35.5. The minimum atomic E-state index is -0.602. The van der Waals surface area contributed by atoms with Gasteiger partial charge in [0.1, 0.15) is 0 Å². The number of nitro groups is 1. The van der Waals surface area contributed by atoms with Crippen molar-refractivity contribution in [3.8, 4) is 11.5 Å². The van der Waals surface area contributed by atoms with Gasteiger partial charge in [-0.15, -0.1) is 12.4 Å². The molecule has 0 unspecified atom stereocenters. The maximum atomic E-state index is 10.9. The molecule has 18 heavy (non-hydrogen) atoms. The van der Waals surface area contributed by atoms with E-state index in [1.54, 1.807) is 0 Å². The van der Waals surface area contributed by atoms with E-state index in [2.05, 4.69) is 0 Å². The van der Waals surface area contributed by atoms with Crippen molar-refractivity contribution in [1.82, 2.24) is 0 Å². The van der Waals surface area contributed by atoms with Gasteiger partial charge in [0.25, 0.3) is 5.69 Å². The van der Waals surface area contributed by atoms with Gasteiger partial charge in [0, 0.05) is 12.6 Å². The summed E-state index contributed by atoms with van der Waals surface area (Å²) in [6.45, 7) is -0.0854. The molecule has 3 N–H and O–H groups in total. The fraction of sp³-hybridized carbons (Fsp3) is 0.400. The van der Waals surface area contributed by atoms with Crippen LogP contribution in [-0.4, -0.2) is 23.4 Å². The lowest BCUT2D eigenvalue weighted by Gasteiger charge is -2.11. The van der Waals surface area contributed by atoms with Crippen molar-refractivity contribution in [3.05, 3.63) is 27.8 Å². The molecule has 1 atom stereocenters. The summed E-state index contributed by atoms with van der Waals surface area (Å²) in [6.07, 6.45) is 0.250. The Labute approximate surface area is 109 Å². The Morgan fingerprint density at radius 1 is 1.44 bits per heavy atom. The number of rotatable bonds is 4. The lowest BCUT2D eigenvalue weighted by Crippen LogP contribution is -2.13. The Morgan fingerprint density at radius 3 is 2.61 bits per heavy atom. The summed E-state index contributed by atoms with van der Waals surface area (Å²) in [7, 11) is 0. The van der Waals surface area contributed by atoms with Gasteiger partial charge in [-0.1, -0.05) is 0 Å². The van der Waals surface area contributed by atoms with E-state index in [9.17, 15) is 10.1 Å². The number of nitrogens with zero attached hydrogens (tertiary/aromatic N) is 1. The van der Waals surface area contributed by atoms with E-state index in [1.807, 2.05) is 0 Å². The molecule has 0 amide bonds. The Balaban J connectivity index is 0.00000162. The molecule has 0 aliphatic carbocycles. The Bertz CT molecular complexity index is 454. The molecule has 1 aliphatic heterocycles. The monoisotopic (exact) mass is 276 g/mol. The van der Waals surface area contributed by atoms with Crippen LogP contribution in [0.2, 0.25) is 0 Å². The number of aliphatic hydroxyl groups excluding tert-OH is 1. The van der Waals surface area contributed by atoms with Crippen LogP contribution in [0, 0.1) is 10.1 Å². The summed E-state index contributed by atoms with van der Waals surface area (Å²) < 4.78 is 10.2. The highest BCUT2D eigenvalue weighted by Crippen LogP contribution is 2.40. The van der Waals surface area contributed by atoms with Gasteiger partial charge in [-0.2, -0.15) is 0 Å². The van der Waals surface area contributed by atoms with Gasteiger partial charge in [0.15, 0.2) is 11.5 Å². The zero-order chi connectivity index (χ0) is 12.4. The second kappa shape index (κ2) is 5.85. The van der Waals surface area contributed by atoms with Gasteiger partial charge in [-0.25, -0.2) is 0 Å². The molecule has 0 fully saturated rings. The molecular weight excluding hydrogens is 264 g/mol. The Morgan fingerprint density at radius 2 is 2.06 bits per heavy atom. The zero-order valence-corrected chi connectivity index (χ0v) is 10.2. The van der Waals surface area contributed by atoms with E-state index in [0.29, 0.717) is 17.1 Å². The standard InChI is InChI=1S/C10H12N2O5.ClH/c11-7(1-2-13)6-3-9-10(17-5-16-9)4-8(6)12(14)15;/h3-4,7,13H,1-2,5,11H2;1H/t7-;/m1./s1. The second-order valence-electron chi connectivity index (χ2n) is 3.64.